The quantitative estimate of drug-likeness (QED) is 0.521. The first kappa shape index (κ1) is 23.2. The number of hydrogen-bond donors (Lipinski definition) is 0. The molecule has 0 saturated carbocycles. The summed E-state index contributed by atoms with van der Waals surface area (Å²) in [5, 5.41) is 2.03. The number of halogens is 1. The van der Waals surface area contributed by atoms with Gasteiger partial charge in [0.15, 0.2) is 0 Å². The van der Waals surface area contributed by atoms with Crippen LogP contribution in [0, 0.1) is 5.82 Å². The fraction of sp³-hybridized carbons (Fsp3) is 0.478. The van der Waals surface area contributed by atoms with E-state index in [4.69, 9.17) is 9.47 Å². The largest absolute Gasteiger partial charge is 0.491 e. The van der Waals surface area contributed by atoms with E-state index in [1.165, 1.54) is 17.0 Å². The van der Waals surface area contributed by atoms with Crippen molar-refractivity contribution in [3.8, 4) is 5.75 Å². The number of methoxy groups -OCH3 is 1. The highest BCUT2D eigenvalue weighted by Crippen LogP contribution is 2.34. The first-order valence-corrected chi connectivity index (χ1v) is 11.4. The number of benzene rings is 1. The maximum atomic E-state index is 13.3. The van der Waals surface area contributed by atoms with Gasteiger partial charge in [-0.2, -0.15) is 0 Å². The molecule has 6 nitrogen and oxygen atoms in total. The van der Waals surface area contributed by atoms with E-state index in [1.807, 2.05) is 16.3 Å². The van der Waals surface area contributed by atoms with E-state index < -0.39 is 0 Å². The van der Waals surface area contributed by atoms with Gasteiger partial charge in [0, 0.05) is 38.1 Å². The molecule has 2 heterocycles. The fourth-order valence-electron chi connectivity index (χ4n) is 3.75. The van der Waals surface area contributed by atoms with Crippen LogP contribution in [-0.2, 0) is 20.7 Å². The Morgan fingerprint density at radius 2 is 2.03 bits per heavy atom. The first-order chi connectivity index (χ1) is 15.0. The predicted octanol–water partition coefficient (Wildman–Crippen LogP) is 3.67. The van der Waals surface area contributed by atoms with E-state index in [9.17, 15) is 14.0 Å². The Kier molecular flexibility index (Phi) is 8.43. The van der Waals surface area contributed by atoms with Crippen molar-refractivity contribution in [2.24, 2.45) is 0 Å². The van der Waals surface area contributed by atoms with Gasteiger partial charge in [-0.1, -0.05) is 6.92 Å². The lowest BCUT2D eigenvalue weighted by atomic mass is 10.0. The van der Waals surface area contributed by atoms with Gasteiger partial charge in [-0.25, -0.2) is 4.39 Å². The van der Waals surface area contributed by atoms with E-state index in [0.717, 1.165) is 12.0 Å². The van der Waals surface area contributed by atoms with Gasteiger partial charge in [0.05, 0.1) is 12.6 Å². The van der Waals surface area contributed by atoms with Crippen LogP contribution < -0.4 is 4.74 Å². The smallest absolute Gasteiger partial charge is 0.242 e. The lowest BCUT2D eigenvalue weighted by Crippen LogP contribution is -2.48. The summed E-state index contributed by atoms with van der Waals surface area (Å²) in [6, 6.07) is 7.65. The third kappa shape index (κ3) is 6.04. The Morgan fingerprint density at radius 1 is 1.26 bits per heavy atom. The number of hydrogen-bond acceptors (Lipinski definition) is 5. The molecule has 1 aromatic heterocycles. The summed E-state index contributed by atoms with van der Waals surface area (Å²) < 4.78 is 24.2. The molecule has 1 unspecified atom stereocenters. The molecule has 0 fully saturated rings. The van der Waals surface area contributed by atoms with Crippen molar-refractivity contribution in [3.63, 3.8) is 0 Å². The minimum Gasteiger partial charge on any atom is -0.491 e. The molecular formula is C23H29FN2O4S. The molecule has 2 aromatic rings. The lowest BCUT2D eigenvalue weighted by Gasteiger charge is -2.37. The molecule has 1 aromatic carbocycles. The van der Waals surface area contributed by atoms with E-state index in [0.29, 0.717) is 38.3 Å². The van der Waals surface area contributed by atoms with Gasteiger partial charge in [-0.05, 0) is 54.1 Å². The minimum atomic E-state index is -0.323. The maximum absolute atomic E-state index is 13.3. The Balaban J connectivity index is 1.72. The van der Waals surface area contributed by atoms with Crippen LogP contribution in [-0.4, -0.2) is 61.6 Å². The molecule has 0 radical (unpaired) electrons. The Hall–Kier alpha value is -2.45. The fourth-order valence-corrected chi connectivity index (χ4v) is 4.68. The van der Waals surface area contributed by atoms with Crippen LogP contribution in [0.4, 0.5) is 4.39 Å². The van der Waals surface area contributed by atoms with E-state index in [1.54, 1.807) is 42.4 Å². The van der Waals surface area contributed by atoms with Crippen LogP contribution >= 0.6 is 11.3 Å². The summed E-state index contributed by atoms with van der Waals surface area (Å²) >= 11 is 1.68. The summed E-state index contributed by atoms with van der Waals surface area (Å²) in [6.07, 6.45) is 1.82. The number of carbonyl (C=O) groups is 2. The number of nitrogens with zero attached hydrogens (tertiary/aromatic N) is 2. The first-order valence-electron chi connectivity index (χ1n) is 10.5. The van der Waals surface area contributed by atoms with Gasteiger partial charge in [0.1, 0.15) is 18.2 Å². The van der Waals surface area contributed by atoms with Crippen molar-refractivity contribution < 1.29 is 23.5 Å². The van der Waals surface area contributed by atoms with Crippen molar-refractivity contribution in [1.29, 1.82) is 0 Å². The lowest BCUT2D eigenvalue weighted by molar-refractivity contribution is -0.142. The number of ether oxygens (including phenoxy) is 2. The zero-order valence-corrected chi connectivity index (χ0v) is 18.8. The van der Waals surface area contributed by atoms with Gasteiger partial charge in [-0.15, -0.1) is 11.3 Å². The van der Waals surface area contributed by atoms with E-state index in [-0.39, 0.29) is 36.8 Å². The molecule has 0 aliphatic carbocycles. The summed E-state index contributed by atoms with van der Waals surface area (Å²) in [7, 11) is 1.62. The molecular weight excluding hydrogens is 419 g/mol. The third-order valence-electron chi connectivity index (χ3n) is 5.39. The minimum absolute atomic E-state index is 0.0445. The summed E-state index contributed by atoms with van der Waals surface area (Å²) in [6.45, 7) is 3.72. The molecule has 0 bridgehead atoms. The van der Waals surface area contributed by atoms with Crippen LogP contribution in [0.2, 0.25) is 0 Å². The molecule has 31 heavy (non-hydrogen) atoms. The van der Waals surface area contributed by atoms with Crippen LogP contribution in [0.3, 0.4) is 0 Å². The number of carbonyl (C=O) groups excluding carboxylic acids is 2. The zero-order valence-electron chi connectivity index (χ0n) is 18.0. The molecule has 0 N–H and O–H groups in total. The van der Waals surface area contributed by atoms with E-state index in [2.05, 4.69) is 0 Å². The molecule has 168 valence electrons. The summed E-state index contributed by atoms with van der Waals surface area (Å²) in [5.41, 5.74) is 1.08. The van der Waals surface area contributed by atoms with Gasteiger partial charge in [-0.3, -0.25) is 9.59 Å². The van der Waals surface area contributed by atoms with Gasteiger partial charge < -0.3 is 19.3 Å². The highest BCUT2D eigenvalue weighted by atomic mass is 32.1. The van der Waals surface area contributed by atoms with Crippen LogP contribution in [0.1, 0.15) is 36.2 Å². The Labute approximate surface area is 186 Å². The monoisotopic (exact) mass is 448 g/mol. The second-order valence-electron chi connectivity index (χ2n) is 7.43. The van der Waals surface area contributed by atoms with Crippen LogP contribution in [0.5, 0.6) is 5.75 Å². The highest BCUT2D eigenvalue weighted by molar-refractivity contribution is 7.10. The van der Waals surface area contributed by atoms with Crippen molar-refractivity contribution in [3.05, 3.63) is 52.0 Å². The average molecular weight is 449 g/mol. The standard InChI is InChI=1S/C23H29FN2O4S/c1-3-22(27)25(11-4-13-29-2)15-23(28)26-12-9-21-19(10-14-31-21)20(26)16-30-18-7-5-17(24)6-8-18/h5-8,10,14,20H,3-4,9,11-13,15-16H2,1-2H3. The molecule has 0 spiro atoms. The second-order valence-corrected chi connectivity index (χ2v) is 8.43. The number of fused-ring (bicyclic) bond motifs is 1. The Morgan fingerprint density at radius 3 is 2.74 bits per heavy atom. The average Bonchev–Trinajstić information content (AvgIpc) is 3.26. The Bertz CT molecular complexity index is 871. The van der Waals surface area contributed by atoms with Crippen molar-refractivity contribution in [2.45, 2.75) is 32.2 Å². The molecule has 3 rings (SSSR count). The SMILES string of the molecule is CCC(=O)N(CCCOC)CC(=O)N1CCc2sccc2C1COc1ccc(F)cc1. The highest BCUT2D eigenvalue weighted by Gasteiger charge is 2.33. The predicted molar refractivity (Wildman–Crippen MR) is 118 cm³/mol. The van der Waals surface area contributed by atoms with Crippen LogP contribution in [0.25, 0.3) is 0 Å². The normalized spacial score (nSPS) is 15.5. The second kappa shape index (κ2) is 11.2. The molecule has 1 atom stereocenters. The topological polar surface area (TPSA) is 59.1 Å². The molecule has 1 aliphatic heterocycles. The summed E-state index contributed by atoms with van der Waals surface area (Å²) in [4.78, 5) is 30.3. The number of thiophene rings is 1. The number of rotatable bonds is 10. The van der Waals surface area contributed by atoms with Crippen LogP contribution in [0.15, 0.2) is 35.7 Å². The molecule has 1 aliphatic rings. The van der Waals surface area contributed by atoms with Crippen molar-refractivity contribution >= 4 is 23.2 Å². The molecule has 2 amide bonds. The van der Waals surface area contributed by atoms with Gasteiger partial charge >= 0.3 is 0 Å². The molecule has 0 saturated heterocycles. The number of amides is 2. The maximum Gasteiger partial charge on any atom is 0.242 e. The van der Waals surface area contributed by atoms with Crippen molar-refractivity contribution in [2.75, 3.05) is 40.0 Å². The van der Waals surface area contributed by atoms with Gasteiger partial charge in [0.25, 0.3) is 0 Å². The third-order valence-corrected chi connectivity index (χ3v) is 6.39. The summed E-state index contributed by atoms with van der Waals surface area (Å²) in [5.74, 6) is 0.0928. The van der Waals surface area contributed by atoms with Crippen molar-refractivity contribution in [1.82, 2.24) is 9.80 Å². The van der Waals surface area contributed by atoms with E-state index >= 15 is 0 Å². The van der Waals surface area contributed by atoms with Gasteiger partial charge in [0.2, 0.25) is 11.8 Å². The zero-order chi connectivity index (χ0) is 22.2. The molecule has 8 heteroatoms.